The Morgan fingerprint density at radius 2 is 1.48 bits per heavy atom. The molecule has 0 radical (unpaired) electrons. The van der Waals surface area contributed by atoms with Gasteiger partial charge in [0.2, 0.25) is 5.91 Å². The van der Waals surface area contributed by atoms with Crippen molar-refractivity contribution < 1.29 is 14.4 Å². The molecule has 0 aromatic heterocycles. The van der Waals surface area contributed by atoms with Crippen LogP contribution in [0.15, 0.2) is 52.6 Å². The predicted octanol–water partition coefficient (Wildman–Crippen LogP) is 3.13. The minimum absolute atomic E-state index is 0.0663. The van der Waals surface area contributed by atoms with E-state index in [0.29, 0.717) is 35.1 Å². The Kier molecular flexibility index (Phi) is 6.48. The molecule has 1 aliphatic heterocycles. The second-order valence-corrected chi connectivity index (χ2v) is 8.13. The van der Waals surface area contributed by atoms with Crippen LogP contribution in [0.5, 0.6) is 0 Å². The molecular formula is C24H30N2O3. The number of carbonyl (C=O) groups is 3. The first-order valence-electron chi connectivity index (χ1n) is 10.3. The maximum Gasteiger partial charge on any atom is 0.222 e. The highest BCUT2D eigenvalue weighted by atomic mass is 16.2. The van der Waals surface area contributed by atoms with Gasteiger partial charge in [0.25, 0.3) is 0 Å². The number of hydrogen-bond acceptors (Lipinski definition) is 4. The first kappa shape index (κ1) is 21.2. The number of hydrogen-bond donors (Lipinski definition) is 0. The largest absolute Gasteiger partial charge is 0.340 e. The van der Waals surface area contributed by atoms with Crippen LogP contribution in [0.2, 0.25) is 0 Å². The number of nitrogens with zero attached hydrogens (tertiary/aromatic N) is 2. The second kappa shape index (κ2) is 8.87. The molecule has 0 spiro atoms. The van der Waals surface area contributed by atoms with Crippen molar-refractivity contribution in [2.24, 2.45) is 0 Å². The van der Waals surface area contributed by atoms with Gasteiger partial charge in [-0.25, -0.2) is 0 Å². The molecule has 2 aliphatic rings. The summed E-state index contributed by atoms with van der Waals surface area (Å²) in [7, 11) is 2.06. The zero-order valence-electron chi connectivity index (χ0n) is 17.8. The Balaban J connectivity index is 1.86. The van der Waals surface area contributed by atoms with Gasteiger partial charge in [0.15, 0.2) is 11.6 Å². The van der Waals surface area contributed by atoms with E-state index in [-0.39, 0.29) is 23.4 Å². The van der Waals surface area contributed by atoms with Crippen LogP contribution in [-0.2, 0) is 14.4 Å². The highest BCUT2D eigenvalue weighted by Crippen LogP contribution is 2.37. The van der Waals surface area contributed by atoms with Gasteiger partial charge in [-0.1, -0.05) is 30.3 Å². The van der Waals surface area contributed by atoms with Gasteiger partial charge in [-0.3, -0.25) is 14.4 Å². The van der Waals surface area contributed by atoms with Crippen molar-refractivity contribution in [1.29, 1.82) is 0 Å². The molecule has 29 heavy (non-hydrogen) atoms. The van der Waals surface area contributed by atoms with Crippen molar-refractivity contribution >= 4 is 17.5 Å². The van der Waals surface area contributed by atoms with Crippen LogP contribution in [0.1, 0.15) is 45.1 Å². The standard InChI is InChI=1S/C24H30N2O3/c1-16-17(2)24(29)22(18(3)23(16)28)20(19-8-6-5-7-9-19)10-11-21(27)26-14-12-25(4)13-15-26/h5-9,20H,10-15H2,1-4H3. The van der Waals surface area contributed by atoms with Crippen molar-refractivity contribution in [3.63, 3.8) is 0 Å². The maximum atomic E-state index is 13.1. The van der Waals surface area contributed by atoms with Crippen LogP contribution in [0.3, 0.4) is 0 Å². The van der Waals surface area contributed by atoms with Gasteiger partial charge in [0, 0.05) is 60.8 Å². The Morgan fingerprint density at radius 1 is 0.897 bits per heavy atom. The molecule has 5 nitrogen and oxygen atoms in total. The lowest BCUT2D eigenvalue weighted by molar-refractivity contribution is -0.133. The lowest BCUT2D eigenvalue weighted by Crippen LogP contribution is -2.47. The molecule has 3 rings (SSSR count). The molecule has 1 atom stereocenters. The number of rotatable bonds is 5. The number of allylic oxidation sites excluding steroid dienone is 4. The molecule has 1 fully saturated rings. The average molecular weight is 395 g/mol. The van der Waals surface area contributed by atoms with Gasteiger partial charge in [0.1, 0.15) is 0 Å². The summed E-state index contributed by atoms with van der Waals surface area (Å²) < 4.78 is 0. The van der Waals surface area contributed by atoms with E-state index in [1.54, 1.807) is 20.8 Å². The molecular weight excluding hydrogens is 364 g/mol. The third kappa shape index (κ3) is 4.40. The normalized spacial score (nSPS) is 19.8. The molecule has 1 unspecified atom stereocenters. The van der Waals surface area contributed by atoms with Gasteiger partial charge in [-0.15, -0.1) is 0 Å². The molecule has 1 amide bonds. The molecule has 0 saturated carbocycles. The molecule has 1 saturated heterocycles. The summed E-state index contributed by atoms with van der Waals surface area (Å²) in [5.41, 5.74) is 3.08. The van der Waals surface area contributed by atoms with Gasteiger partial charge >= 0.3 is 0 Å². The Labute approximate surface area is 173 Å². The van der Waals surface area contributed by atoms with E-state index in [0.717, 1.165) is 31.7 Å². The summed E-state index contributed by atoms with van der Waals surface area (Å²) in [6.07, 6.45) is 0.885. The van der Waals surface area contributed by atoms with Crippen molar-refractivity contribution in [1.82, 2.24) is 9.80 Å². The lowest BCUT2D eigenvalue weighted by atomic mass is 9.76. The average Bonchev–Trinajstić information content (AvgIpc) is 2.74. The van der Waals surface area contributed by atoms with Crippen molar-refractivity contribution in [3.05, 3.63) is 58.2 Å². The number of likely N-dealkylation sites (N-methyl/N-ethyl adjacent to an activating group) is 1. The van der Waals surface area contributed by atoms with E-state index in [1.165, 1.54) is 0 Å². The number of amides is 1. The number of benzene rings is 1. The minimum atomic E-state index is -0.257. The van der Waals surface area contributed by atoms with E-state index in [2.05, 4.69) is 11.9 Å². The summed E-state index contributed by atoms with van der Waals surface area (Å²) in [6.45, 7) is 8.42. The minimum Gasteiger partial charge on any atom is -0.340 e. The van der Waals surface area contributed by atoms with E-state index < -0.39 is 0 Å². The quantitative estimate of drug-likeness (QED) is 0.720. The summed E-state index contributed by atoms with van der Waals surface area (Å²) in [5, 5.41) is 0. The van der Waals surface area contributed by atoms with Gasteiger partial charge < -0.3 is 9.80 Å². The van der Waals surface area contributed by atoms with Crippen LogP contribution in [0.4, 0.5) is 0 Å². The molecule has 1 aromatic rings. The summed E-state index contributed by atoms with van der Waals surface area (Å²) >= 11 is 0. The zero-order valence-corrected chi connectivity index (χ0v) is 17.8. The maximum absolute atomic E-state index is 13.1. The van der Waals surface area contributed by atoms with Crippen molar-refractivity contribution in [2.45, 2.75) is 39.5 Å². The van der Waals surface area contributed by atoms with E-state index in [1.807, 2.05) is 35.2 Å². The van der Waals surface area contributed by atoms with E-state index in [9.17, 15) is 14.4 Å². The molecule has 1 heterocycles. The first-order chi connectivity index (χ1) is 13.8. The van der Waals surface area contributed by atoms with Gasteiger partial charge in [-0.2, -0.15) is 0 Å². The topological polar surface area (TPSA) is 57.7 Å². The highest BCUT2D eigenvalue weighted by Gasteiger charge is 2.33. The molecule has 5 heteroatoms. The fourth-order valence-electron chi connectivity index (χ4n) is 4.18. The fourth-order valence-corrected chi connectivity index (χ4v) is 4.18. The van der Waals surface area contributed by atoms with Crippen LogP contribution in [0.25, 0.3) is 0 Å². The highest BCUT2D eigenvalue weighted by molar-refractivity contribution is 6.25. The number of ketones is 2. The summed E-state index contributed by atoms with van der Waals surface area (Å²) in [6, 6.07) is 9.75. The molecule has 0 N–H and O–H groups in total. The van der Waals surface area contributed by atoms with Crippen LogP contribution in [-0.4, -0.2) is 60.5 Å². The van der Waals surface area contributed by atoms with Gasteiger partial charge in [0.05, 0.1) is 0 Å². The Morgan fingerprint density at radius 3 is 2.10 bits per heavy atom. The molecule has 0 bridgehead atoms. The van der Waals surface area contributed by atoms with Crippen LogP contribution in [0, 0.1) is 0 Å². The number of Topliss-reactive ketones (excluding diaryl/α,β-unsaturated/α-hetero) is 2. The Bertz CT molecular complexity index is 875. The van der Waals surface area contributed by atoms with Gasteiger partial charge in [-0.05, 0) is 39.8 Å². The zero-order chi connectivity index (χ0) is 21.1. The second-order valence-electron chi connectivity index (χ2n) is 8.13. The lowest BCUT2D eigenvalue weighted by Gasteiger charge is -2.33. The molecule has 1 aromatic carbocycles. The molecule has 1 aliphatic carbocycles. The third-order valence-corrected chi connectivity index (χ3v) is 6.29. The van der Waals surface area contributed by atoms with E-state index in [4.69, 9.17) is 0 Å². The third-order valence-electron chi connectivity index (χ3n) is 6.29. The monoisotopic (exact) mass is 394 g/mol. The predicted molar refractivity (Wildman–Crippen MR) is 114 cm³/mol. The van der Waals surface area contributed by atoms with Crippen molar-refractivity contribution in [3.8, 4) is 0 Å². The fraction of sp³-hybridized carbons (Fsp3) is 0.458. The first-order valence-corrected chi connectivity index (χ1v) is 10.3. The summed E-state index contributed by atoms with van der Waals surface area (Å²) in [4.78, 5) is 42.7. The SMILES string of the molecule is CC1=C(C)C(=O)C(C(CCC(=O)N2CCN(C)CC2)c2ccccc2)=C(C)C1=O. The van der Waals surface area contributed by atoms with E-state index >= 15 is 0 Å². The number of piperazine rings is 1. The Hall–Kier alpha value is -2.53. The summed E-state index contributed by atoms with van der Waals surface area (Å²) in [5.74, 6) is -0.272. The van der Waals surface area contributed by atoms with Crippen LogP contribution < -0.4 is 0 Å². The smallest absolute Gasteiger partial charge is 0.222 e. The molecule has 154 valence electrons. The van der Waals surface area contributed by atoms with Crippen molar-refractivity contribution in [2.75, 3.05) is 33.2 Å². The van der Waals surface area contributed by atoms with Crippen LogP contribution >= 0.6 is 0 Å². The number of carbonyl (C=O) groups excluding carboxylic acids is 3.